The molecule has 0 bridgehead atoms. The van der Waals surface area contributed by atoms with Gasteiger partial charge in [-0.2, -0.15) is 0 Å². The van der Waals surface area contributed by atoms with Gasteiger partial charge in [0.1, 0.15) is 0 Å². The van der Waals surface area contributed by atoms with Crippen LogP contribution >= 0.6 is 0 Å². The number of ether oxygens (including phenoxy) is 1. The number of carbonyl (C=O) groups is 1. The Morgan fingerprint density at radius 2 is 2.12 bits per heavy atom. The zero-order valence-electron chi connectivity index (χ0n) is 9.26. The van der Waals surface area contributed by atoms with Crippen LogP contribution < -0.4 is 0 Å². The predicted octanol–water partition coefficient (Wildman–Crippen LogP) is 3.04. The highest BCUT2D eigenvalue weighted by Gasteiger charge is 2.18. The Morgan fingerprint density at radius 1 is 1.31 bits per heavy atom. The maximum absolute atomic E-state index is 11.1. The summed E-state index contributed by atoms with van der Waals surface area (Å²) in [5.41, 5.74) is 1.21. The first kappa shape index (κ1) is 10.9. The Labute approximate surface area is 95.9 Å². The number of cyclic esters (lactones) is 1. The number of benzene rings is 1. The van der Waals surface area contributed by atoms with Gasteiger partial charge in [0, 0.05) is 6.42 Å². The molecular weight excluding hydrogens is 200 g/mol. The molecule has 0 amide bonds. The van der Waals surface area contributed by atoms with E-state index in [4.69, 9.17) is 4.74 Å². The molecule has 0 spiro atoms. The average Bonchev–Trinajstić information content (AvgIpc) is 2.30. The van der Waals surface area contributed by atoms with Crippen molar-refractivity contribution in [2.24, 2.45) is 5.92 Å². The van der Waals surface area contributed by atoms with Crippen LogP contribution in [0.2, 0.25) is 0 Å². The molecule has 0 aliphatic carbocycles. The van der Waals surface area contributed by atoms with Crippen molar-refractivity contribution in [3.63, 3.8) is 0 Å². The molecule has 2 heteroatoms. The fourth-order valence-electron chi connectivity index (χ4n) is 1.90. The quantitative estimate of drug-likeness (QED) is 0.726. The van der Waals surface area contributed by atoms with E-state index < -0.39 is 0 Å². The monoisotopic (exact) mass is 216 g/mol. The van der Waals surface area contributed by atoms with Crippen molar-refractivity contribution in [3.8, 4) is 0 Å². The van der Waals surface area contributed by atoms with E-state index in [0.717, 1.165) is 12.8 Å². The van der Waals surface area contributed by atoms with Gasteiger partial charge in [-0.1, -0.05) is 42.5 Å². The highest BCUT2D eigenvalue weighted by atomic mass is 16.5. The minimum absolute atomic E-state index is 0.0515. The molecule has 1 aliphatic rings. The van der Waals surface area contributed by atoms with Crippen LogP contribution in [0.1, 0.15) is 24.8 Å². The van der Waals surface area contributed by atoms with Crippen molar-refractivity contribution in [1.29, 1.82) is 0 Å². The van der Waals surface area contributed by atoms with Crippen LogP contribution in [-0.2, 0) is 9.53 Å². The lowest BCUT2D eigenvalue weighted by molar-refractivity contribution is -0.149. The molecule has 0 N–H and O–H groups in total. The molecule has 84 valence electrons. The lowest BCUT2D eigenvalue weighted by Gasteiger charge is -2.19. The lowest BCUT2D eigenvalue weighted by Crippen LogP contribution is -2.20. The van der Waals surface area contributed by atoms with Gasteiger partial charge in [-0.25, -0.2) is 0 Å². The van der Waals surface area contributed by atoms with E-state index in [2.05, 4.69) is 24.3 Å². The highest BCUT2D eigenvalue weighted by molar-refractivity contribution is 5.70. The molecule has 1 unspecified atom stereocenters. The normalized spacial score (nSPS) is 21.0. The number of rotatable bonds is 3. The minimum Gasteiger partial charge on any atom is -0.466 e. The zero-order valence-corrected chi connectivity index (χ0v) is 9.26. The van der Waals surface area contributed by atoms with Crippen LogP contribution in [0.4, 0.5) is 0 Å². The van der Waals surface area contributed by atoms with Crippen molar-refractivity contribution in [1.82, 2.24) is 0 Å². The summed E-state index contributed by atoms with van der Waals surface area (Å²) in [5.74, 6) is 0.408. The molecule has 1 fully saturated rings. The fourth-order valence-corrected chi connectivity index (χ4v) is 1.90. The molecule has 0 saturated carbocycles. The second-order valence-corrected chi connectivity index (χ2v) is 4.13. The van der Waals surface area contributed by atoms with Gasteiger partial charge in [-0.15, -0.1) is 0 Å². The second-order valence-electron chi connectivity index (χ2n) is 4.13. The third-order valence-corrected chi connectivity index (χ3v) is 2.82. The SMILES string of the molecule is O=C1CC(CC=Cc2ccccc2)CCO1. The first-order chi connectivity index (χ1) is 7.84. The van der Waals surface area contributed by atoms with Gasteiger partial charge in [0.05, 0.1) is 6.61 Å². The second kappa shape index (κ2) is 5.50. The molecule has 1 aromatic carbocycles. The first-order valence-corrected chi connectivity index (χ1v) is 5.72. The Kier molecular flexibility index (Phi) is 3.76. The van der Waals surface area contributed by atoms with Gasteiger partial charge in [-0.3, -0.25) is 4.79 Å². The summed E-state index contributed by atoms with van der Waals surface area (Å²) in [6.45, 7) is 0.586. The summed E-state index contributed by atoms with van der Waals surface area (Å²) in [7, 11) is 0. The van der Waals surface area contributed by atoms with E-state index in [1.165, 1.54) is 5.56 Å². The van der Waals surface area contributed by atoms with Crippen molar-refractivity contribution in [2.45, 2.75) is 19.3 Å². The molecule has 1 atom stereocenters. The van der Waals surface area contributed by atoms with Crippen molar-refractivity contribution < 1.29 is 9.53 Å². The molecule has 0 aromatic heterocycles. The molecule has 2 nitrogen and oxygen atoms in total. The molecule has 1 aliphatic heterocycles. The summed E-state index contributed by atoms with van der Waals surface area (Å²) in [4.78, 5) is 11.1. The number of hydrogen-bond donors (Lipinski definition) is 0. The van der Waals surface area contributed by atoms with Crippen molar-refractivity contribution in [3.05, 3.63) is 42.0 Å². The number of carbonyl (C=O) groups excluding carboxylic acids is 1. The third-order valence-electron chi connectivity index (χ3n) is 2.82. The molecule has 0 radical (unpaired) electrons. The van der Waals surface area contributed by atoms with Crippen LogP contribution in [0, 0.1) is 5.92 Å². The molecular formula is C14H16O2. The Balaban J connectivity index is 1.83. The average molecular weight is 216 g/mol. The Hall–Kier alpha value is -1.57. The highest BCUT2D eigenvalue weighted by Crippen LogP contribution is 2.20. The Morgan fingerprint density at radius 3 is 2.88 bits per heavy atom. The van der Waals surface area contributed by atoms with Gasteiger partial charge in [0.25, 0.3) is 0 Å². The molecule has 1 saturated heterocycles. The minimum atomic E-state index is -0.0515. The van der Waals surface area contributed by atoms with E-state index >= 15 is 0 Å². The standard InChI is InChI=1S/C14H16O2/c15-14-11-13(9-10-16-14)8-4-7-12-5-2-1-3-6-12/h1-7,13H,8-11H2. The van der Waals surface area contributed by atoms with Gasteiger partial charge in [0.15, 0.2) is 0 Å². The maximum Gasteiger partial charge on any atom is 0.306 e. The van der Waals surface area contributed by atoms with E-state index in [9.17, 15) is 4.79 Å². The van der Waals surface area contributed by atoms with E-state index in [-0.39, 0.29) is 5.97 Å². The Bertz CT molecular complexity index is 368. The number of allylic oxidation sites excluding steroid dienone is 1. The number of esters is 1. The van der Waals surface area contributed by atoms with Gasteiger partial charge >= 0.3 is 5.97 Å². The van der Waals surface area contributed by atoms with Crippen molar-refractivity contribution in [2.75, 3.05) is 6.61 Å². The van der Waals surface area contributed by atoms with Crippen LogP contribution in [0.25, 0.3) is 6.08 Å². The van der Waals surface area contributed by atoms with Crippen LogP contribution in [0.3, 0.4) is 0 Å². The van der Waals surface area contributed by atoms with Gasteiger partial charge in [0.2, 0.25) is 0 Å². The smallest absolute Gasteiger partial charge is 0.306 e. The number of hydrogen-bond acceptors (Lipinski definition) is 2. The lowest BCUT2D eigenvalue weighted by atomic mass is 9.96. The largest absolute Gasteiger partial charge is 0.466 e. The van der Waals surface area contributed by atoms with Gasteiger partial charge < -0.3 is 4.74 Å². The molecule has 16 heavy (non-hydrogen) atoms. The van der Waals surface area contributed by atoms with Crippen LogP contribution in [-0.4, -0.2) is 12.6 Å². The summed E-state index contributed by atoms with van der Waals surface area (Å²) < 4.78 is 4.91. The maximum atomic E-state index is 11.1. The van der Waals surface area contributed by atoms with Crippen molar-refractivity contribution >= 4 is 12.0 Å². The predicted molar refractivity (Wildman–Crippen MR) is 63.8 cm³/mol. The molecule has 2 rings (SSSR count). The van der Waals surface area contributed by atoms with Crippen LogP contribution in [0.15, 0.2) is 36.4 Å². The van der Waals surface area contributed by atoms with E-state index in [1.54, 1.807) is 0 Å². The van der Waals surface area contributed by atoms with Crippen LogP contribution in [0.5, 0.6) is 0 Å². The van der Waals surface area contributed by atoms with Gasteiger partial charge in [-0.05, 0) is 24.3 Å². The first-order valence-electron chi connectivity index (χ1n) is 5.72. The zero-order chi connectivity index (χ0) is 11.2. The topological polar surface area (TPSA) is 26.3 Å². The molecule has 1 aromatic rings. The molecule has 1 heterocycles. The summed E-state index contributed by atoms with van der Waals surface area (Å²) in [5, 5.41) is 0. The fraction of sp³-hybridized carbons (Fsp3) is 0.357. The summed E-state index contributed by atoms with van der Waals surface area (Å²) in [6.07, 6.45) is 6.78. The summed E-state index contributed by atoms with van der Waals surface area (Å²) in [6, 6.07) is 10.2. The van der Waals surface area contributed by atoms with E-state index in [1.807, 2.05) is 18.2 Å². The van der Waals surface area contributed by atoms with E-state index in [0.29, 0.717) is 18.9 Å². The summed E-state index contributed by atoms with van der Waals surface area (Å²) >= 11 is 0. The third kappa shape index (κ3) is 3.23.